The van der Waals surface area contributed by atoms with Crippen molar-refractivity contribution < 1.29 is 13.6 Å². The number of nitrogens with zero attached hydrogens (tertiary/aromatic N) is 1. The predicted octanol–water partition coefficient (Wildman–Crippen LogP) is 2.70. The van der Waals surface area contributed by atoms with Crippen molar-refractivity contribution in [1.82, 2.24) is 10.2 Å². The van der Waals surface area contributed by atoms with Crippen molar-refractivity contribution in [3.05, 3.63) is 35.4 Å². The summed E-state index contributed by atoms with van der Waals surface area (Å²) in [7, 11) is 0. The SMILES string of the molecule is C[C@@H]1CN(C(=O)C2CC2)CC[C@@H]1NCc1cccc(F)c1F. The highest BCUT2D eigenvalue weighted by Crippen LogP contribution is 2.32. The van der Waals surface area contributed by atoms with E-state index in [0.29, 0.717) is 23.9 Å². The normalized spacial score (nSPS) is 25.3. The Morgan fingerprint density at radius 2 is 2.09 bits per heavy atom. The first-order valence-electron chi connectivity index (χ1n) is 8.01. The monoisotopic (exact) mass is 308 g/mol. The topological polar surface area (TPSA) is 32.3 Å². The van der Waals surface area contributed by atoms with Gasteiger partial charge in [0.1, 0.15) is 0 Å². The van der Waals surface area contributed by atoms with Crippen molar-refractivity contribution in [2.75, 3.05) is 13.1 Å². The highest BCUT2D eigenvalue weighted by molar-refractivity contribution is 5.81. The molecular weight excluding hydrogens is 286 g/mol. The zero-order valence-corrected chi connectivity index (χ0v) is 12.8. The molecule has 3 rings (SSSR count). The molecule has 0 unspecified atom stereocenters. The minimum atomic E-state index is -0.808. The molecule has 1 heterocycles. The maximum absolute atomic E-state index is 13.6. The zero-order valence-electron chi connectivity index (χ0n) is 12.8. The molecule has 1 aromatic rings. The fourth-order valence-electron chi connectivity index (χ4n) is 3.16. The molecule has 2 atom stereocenters. The number of amides is 1. The first-order valence-corrected chi connectivity index (χ1v) is 8.01. The van der Waals surface area contributed by atoms with Gasteiger partial charge >= 0.3 is 0 Å². The van der Waals surface area contributed by atoms with Crippen LogP contribution in [0.15, 0.2) is 18.2 Å². The molecule has 1 aliphatic heterocycles. The van der Waals surface area contributed by atoms with Gasteiger partial charge in [-0.1, -0.05) is 19.1 Å². The average Bonchev–Trinajstić information content (AvgIpc) is 3.34. The van der Waals surface area contributed by atoms with Gasteiger partial charge in [0.25, 0.3) is 0 Å². The molecule has 5 heteroatoms. The van der Waals surface area contributed by atoms with Crippen LogP contribution in [0.25, 0.3) is 0 Å². The van der Waals surface area contributed by atoms with Crippen LogP contribution in [0, 0.1) is 23.5 Å². The highest BCUT2D eigenvalue weighted by atomic mass is 19.2. The van der Waals surface area contributed by atoms with Gasteiger partial charge in [0.05, 0.1) is 0 Å². The lowest BCUT2D eigenvalue weighted by atomic mass is 9.93. The van der Waals surface area contributed by atoms with Crippen LogP contribution in [-0.2, 0) is 11.3 Å². The van der Waals surface area contributed by atoms with Crippen LogP contribution >= 0.6 is 0 Å². The third-order valence-electron chi connectivity index (χ3n) is 4.73. The second-order valence-electron chi connectivity index (χ2n) is 6.52. The molecule has 1 N–H and O–H groups in total. The second-order valence-corrected chi connectivity index (χ2v) is 6.52. The second kappa shape index (κ2) is 6.32. The quantitative estimate of drug-likeness (QED) is 0.927. The fraction of sp³-hybridized carbons (Fsp3) is 0.588. The molecule has 1 aliphatic carbocycles. The Balaban J connectivity index is 1.53. The summed E-state index contributed by atoms with van der Waals surface area (Å²) in [5.41, 5.74) is 0.351. The Morgan fingerprint density at radius 1 is 1.32 bits per heavy atom. The van der Waals surface area contributed by atoms with Gasteiger partial charge in [0, 0.05) is 37.2 Å². The van der Waals surface area contributed by atoms with E-state index in [1.54, 1.807) is 6.07 Å². The molecule has 1 saturated heterocycles. The average molecular weight is 308 g/mol. The smallest absolute Gasteiger partial charge is 0.225 e. The molecule has 3 nitrogen and oxygen atoms in total. The molecule has 1 saturated carbocycles. The number of carbonyl (C=O) groups is 1. The molecule has 0 bridgehead atoms. The third-order valence-corrected chi connectivity index (χ3v) is 4.73. The standard InChI is InChI=1S/C17H22F2N2O/c1-11-10-21(17(22)12-5-6-12)8-7-15(11)20-9-13-3-2-4-14(18)16(13)19/h2-4,11-12,15,20H,5-10H2,1H3/t11-,15+/m1/s1. The van der Waals surface area contributed by atoms with Gasteiger partial charge < -0.3 is 10.2 Å². The van der Waals surface area contributed by atoms with E-state index >= 15 is 0 Å². The minimum absolute atomic E-state index is 0.228. The van der Waals surface area contributed by atoms with E-state index in [4.69, 9.17) is 0 Å². The summed E-state index contributed by atoms with van der Waals surface area (Å²) in [4.78, 5) is 14.0. The molecule has 1 amide bonds. The number of piperidine rings is 1. The Kier molecular flexibility index (Phi) is 4.43. The van der Waals surface area contributed by atoms with Crippen LogP contribution in [0.1, 0.15) is 31.7 Å². The number of likely N-dealkylation sites (tertiary alicyclic amines) is 1. The fourth-order valence-corrected chi connectivity index (χ4v) is 3.16. The summed E-state index contributed by atoms with van der Waals surface area (Å²) in [6, 6.07) is 4.48. The maximum atomic E-state index is 13.6. The largest absolute Gasteiger partial charge is 0.342 e. The molecule has 0 radical (unpaired) electrons. The van der Waals surface area contributed by atoms with Gasteiger partial charge in [0.2, 0.25) is 5.91 Å². The van der Waals surface area contributed by atoms with Crippen LogP contribution in [0.3, 0.4) is 0 Å². The van der Waals surface area contributed by atoms with Crippen molar-refractivity contribution in [2.45, 2.75) is 38.8 Å². The summed E-state index contributed by atoms with van der Waals surface area (Å²) in [5.74, 6) is -0.714. The van der Waals surface area contributed by atoms with Crippen LogP contribution in [0.2, 0.25) is 0 Å². The lowest BCUT2D eigenvalue weighted by Crippen LogP contribution is -2.50. The van der Waals surface area contributed by atoms with Gasteiger partial charge in [-0.05, 0) is 31.2 Å². The van der Waals surface area contributed by atoms with Gasteiger partial charge in [-0.3, -0.25) is 4.79 Å². The molecule has 1 aromatic carbocycles. The molecule has 2 aliphatic rings. The first kappa shape index (κ1) is 15.4. The molecule has 22 heavy (non-hydrogen) atoms. The van der Waals surface area contributed by atoms with Crippen LogP contribution in [0.4, 0.5) is 8.78 Å². The number of benzene rings is 1. The Labute approximate surface area is 129 Å². The summed E-state index contributed by atoms with van der Waals surface area (Å²) >= 11 is 0. The number of hydrogen-bond donors (Lipinski definition) is 1. The van der Waals surface area contributed by atoms with Gasteiger partial charge in [-0.15, -0.1) is 0 Å². The number of hydrogen-bond acceptors (Lipinski definition) is 2. The van der Waals surface area contributed by atoms with E-state index in [1.165, 1.54) is 6.07 Å². The van der Waals surface area contributed by atoms with Crippen LogP contribution in [-0.4, -0.2) is 29.9 Å². The minimum Gasteiger partial charge on any atom is -0.342 e. The maximum Gasteiger partial charge on any atom is 0.225 e. The van der Waals surface area contributed by atoms with Crippen molar-refractivity contribution in [3.8, 4) is 0 Å². The van der Waals surface area contributed by atoms with E-state index in [9.17, 15) is 13.6 Å². The Morgan fingerprint density at radius 3 is 2.77 bits per heavy atom. The van der Waals surface area contributed by atoms with E-state index in [1.807, 2.05) is 4.90 Å². The van der Waals surface area contributed by atoms with E-state index < -0.39 is 11.6 Å². The summed E-state index contributed by atoms with van der Waals surface area (Å²) in [6.45, 7) is 3.92. The lowest BCUT2D eigenvalue weighted by molar-refractivity contribution is -0.134. The van der Waals surface area contributed by atoms with Crippen molar-refractivity contribution in [1.29, 1.82) is 0 Å². The number of nitrogens with one attached hydrogen (secondary N) is 1. The summed E-state index contributed by atoms with van der Waals surface area (Å²) in [5, 5.41) is 3.32. The van der Waals surface area contributed by atoms with Crippen molar-refractivity contribution >= 4 is 5.91 Å². The zero-order chi connectivity index (χ0) is 15.7. The van der Waals surface area contributed by atoms with Gasteiger partial charge in [0.15, 0.2) is 11.6 Å². The summed E-state index contributed by atoms with van der Waals surface area (Å²) in [6.07, 6.45) is 2.92. The van der Waals surface area contributed by atoms with Crippen LogP contribution in [0.5, 0.6) is 0 Å². The first-order chi connectivity index (χ1) is 10.6. The van der Waals surface area contributed by atoms with E-state index in [0.717, 1.165) is 38.4 Å². The molecule has 120 valence electrons. The lowest BCUT2D eigenvalue weighted by Gasteiger charge is -2.37. The van der Waals surface area contributed by atoms with Gasteiger partial charge in [-0.2, -0.15) is 0 Å². The Hall–Kier alpha value is -1.49. The van der Waals surface area contributed by atoms with Crippen molar-refractivity contribution in [2.24, 2.45) is 11.8 Å². The third kappa shape index (κ3) is 3.29. The van der Waals surface area contributed by atoms with E-state index in [2.05, 4.69) is 12.2 Å². The number of halogens is 2. The van der Waals surface area contributed by atoms with Crippen LogP contribution < -0.4 is 5.32 Å². The molecule has 0 aromatic heterocycles. The summed E-state index contributed by atoms with van der Waals surface area (Å²) < 4.78 is 26.8. The number of carbonyl (C=O) groups excluding carboxylic acids is 1. The highest BCUT2D eigenvalue weighted by Gasteiger charge is 2.36. The molecule has 0 spiro atoms. The van der Waals surface area contributed by atoms with E-state index in [-0.39, 0.29) is 12.0 Å². The number of rotatable bonds is 4. The van der Waals surface area contributed by atoms with Crippen molar-refractivity contribution in [3.63, 3.8) is 0 Å². The molecular formula is C17H22F2N2O. The Bertz CT molecular complexity index is 560. The molecule has 2 fully saturated rings. The predicted molar refractivity (Wildman–Crippen MR) is 80.1 cm³/mol. The van der Waals surface area contributed by atoms with Gasteiger partial charge in [-0.25, -0.2) is 8.78 Å².